The van der Waals surface area contributed by atoms with Gasteiger partial charge in [-0.1, -0.05) is 12.1 Å². The molecule has 0 bridgehead atoms. The van der Waals surface area contributed by atoms with Crippen molar-refractivity contribution in [3.8, 4) is 22.9 Å². The highest BCUT2D eigenvalue weighted by molar-refractivity contribution is 5.74. The van der Waals surface area contributed by atoms with Crippen LogP contribution in [0.5, 0.6) is 11.5 Å². The van der Waals surface area contributed by atoms with E-state index in [1.165, 1.54) is 0 Å². The third-order valence-electron chi connectivity index (χ3n) is 5.33. The zero-order valence-corrected chi connectivity index (χ0v) is 17.5. The van der Waals surface area contributed by atoms with Gasteiger partial charge < -0.3 is 24.7 Å². The lowest BCUT2D eigenvalue weighted by atomic mass is 10.1. The van der Waals surface area contributed by atoms with Crippen LogP contribution in [0.1, 0.15) is 16.8 Å². The molecule has 8 nitrogen and oxygen atoms in total. The Bertz CT molecular complexity index is 1120. The molecule has 31 heavy (non-hydrogen) atoms. The number of aromatic amines is 1. The van der Waals surface area contributed by atoms with Crippen molar-refractivity contribution in [1.29, 1.82) is 0 Å². The molecule has 0 fully saturated rings. The molecule has 0 aliphatic carbocycles. The molecule has 2 heterocycles. The zero-order valence-electron chi connectivity index (χ0n) is 17.5. The van der Waals surface area contributed by atoms with Crippen molar-refractivity contribution < 1.29 is 14.3 Å². The van der Waals surface area contributed by atoms with Crippen LogP contribution in [0.3, 0.4) is 0 Å². The molecular formula is C23H24N4O4. The van der Waals surface area contributed by atoms with Crippen molar-refractivity contribution in [3.63, 3.8) is 0 Å². The van der Waals surface area contributed by atoms with Gasteiger partial charge in [0.15, 0.2) is 0 Å². The summed E-state index contributed by atoms with van der Waals surface area (Å²) in [4.78, 5) is 34.4. The minimum absolute atomic E-state index is 0.158. The number of ether oxygens (including phenoxy) is 2. The van der Waals surface area contributed by atoms with Gasteiger partial charge in [0, 0.05) is 24.2 Å². The van der Waals surface area contributed by atoms with E-state index in [1.54, 1.807) is 19.1 Å². The Labute approximate surface area is 179 Å². The van der Waals surface area contributed by atoms with Gasteiger partial charge in [-0.2, -0.15) is 0 Å². The Morgan fingerprint density at radius 2 is 1.71 bits per heavy atom. The smallest absolute Gasteiger partial charge is 0.318 e. The predicted octanol–water partition coefficient (Wildman–Crippen LogP) is 2.72. The summed E-state index contributed by atoms with van der Waals surface area (Å²) in [5.74, 6) is 1.97. The maximum absolute atomic E-state index is 12.7. The highest BCUT2D eigenvalue weighted by Crippen LogP contribution is 2.21. The maximum Gasteiger partial charge on any atom is 0.318 e. The molecule has 4 rings (SSSR count). The minimum Gasteiger partial charge on any atom is -0.497 e. The number of hydrogen-bond acceptors (Lipinski definition) is 5. The minimum atomic E-state index is -0.186. The molecule has 1 aliphatic heterocycles. The number of urea groups is 1. The van der Waals surface area contributed by atoms with E-state index in [0.717, 1.165) is 22.6 Å². The Morgan fingerprint density at radius 1 is 1.06 bits per heavy atom. The Hall–Kier alpha value is -3.81. The lowest BCUT2D eigenvalue weighted by Gasteiger charge is -2.28. The number of carbonyl (C=O) groups is 1. The number of aromatic nitrogens is 2. The Morgan fingerprint density at radius 3 is 2.35 bits per heavy atom. The molecular weight excluding hydrogens is 396 g/mol. The standard InChI is InChI=1S/C23H24N4O4/c1-30-17-7-3-15(4-8-17)13-24-23(29)27-12-11-19-20(14-27)25-21(26-22(19)28)16-5-9-18(31-2)10-6-16/h3-10H,11-14H2,1-2H3,(H,24,29)(H,25,26,28). The fraction of sp³-hybridized carbons (Fsp3) is 0.261. The van der Waals surface area contributed by atoms with Crippen LogP contribution < -0.4 is 20.3 Å². The number of fused-ring (bicyclic) bond motifs is 1. The van der Waals surface area contributed by atoms with Crippen LogP contribution in [-0.2, 0) is 19.5 Å². The molecule has 0 saturated heterocycles. The summed E-state index contributed by atoms with van der Waals surface area (Å²) >= 11 is 0. The summed E-state index contributed by atoms with van der Waals surface area (Å²) in [6, 6.07) is 14.7. The summed E-state index contributed by atoms with van der Waals surface area (Å²) in [5, 5.41) is 2.93. The first-order valence-corrected chi connectivity index (χ1v) is 9.99. The molecule has 1 aliphatic rings. The summed E-state index contributed by atoms with van der Waals surface area (Å²) in [6.07, 6.45) is 0.469. The number of hydrogen-bond donors (Lipinski definition) is 2. The van der Waals surface area contributed by atoms with Gasteiger partial charge in [0.05, 0.1) is 26.5 Å². The summed E-state index contributed by atoms with van der Waals surface area (Å²) in [6.45, 7) is 1.16. The molecule has 8 heteroatoms. The van der Waals surface area contributed by atoms with Crippen LogP contribution in [0.25, 0.3) is 11.4 Å². The van der Waals surface area contributed by atoms with Gasteiger partial charge in [-0.3, -0.25) is 4.79 Å². The predicted molar refractivity (Wildman–Crippen MR) is 116 cm³/mol. The zero-order chi connectivity index (χ0) is 21.8. The van der Waals surface area contributed by atoms with Crippen LogP contribution in [-0.4, -0.2) is 41.7 Å². The third kappa shape index (κ3) is 4.53. The monoisotopic (exact) mass is 420 g/mol. The largest absolute Gasteiger partial charge is 0.497 e. The first-order chi connectivity index (χ1) is 15.1. The van der Waals surface area contributed by atoms with E-state index in [1.807, 2.05) is 48.5 Å². The van der Waals surface area contributed by atoms with Crippen molar-refractivity contribution in [1.82, 2.24) is 20.2 Å². The van der Waals surface area contributed by atoms with Gasteiger partial charge in [0.2, 0.25) is 0 Å². The van der Waals surface area contributed by atoms with E-state index >= 15 is 0 Å². The normalized spacial score (nSPS) is 12.8. The van der Waals surface area contributed by atoms with Crippen molar-refractivity contribution in [2.45, 2.75) is 19.5 Å². The molecule has 1 aromatic heterocycles. The van der Waals surface area contributed by atoms with Crippen molar-refractivity contribution in [2.24, 2.45) is 0 Å². The van der Waals surface area contributed by atoms with E-state index in [0.29, 0.717) is 36.6 Å². The lowest BCUT2D eigenvalue weighted by molar-refractivity contribution is 0.190. The third-order valence-corrected chi connectivity index (χ3v) is 5.33. The average Bonchev–Trinajstić information content (AvgIpc) is 2.82. The SMILES string of the molecule is COc1ccc(CNC(=O)N2CCc3c(nc(-c4ccc(OC)cc4)[nH]c3=O)C2)cc1. The number of nitrogens with one attached hydrogen (secondary N) is 2. The summed E-state index contributed by atoms with van der Waals surface area (Å²) in [5.41, 5.74) is 2.86. The lowest BCUT2D eigenvalue weighted by Crippen LogP contribution is -2.44. The summed E-state index contributed by atoms with van der Waals surface area (Å²) < 4.78 is 10.3. The number of amides is 2. The van der Waals surface area contributed by atoms with Crippen LogP contribution in [0.2, 0.25) is 0 Å². The van der Waals surface area contributed by atoms with Gasteiger partial charge in [-0.25, -0.2) is 9.78 Å². The Balaban J connectivity index is 1.46. The average molecular weight is 420 g/mol. The van der Waals surface area contributed by atoms with E-state index < -0.39 is 0 Å². The molecule has 2 aromatic carbocycles. The van der Waals surface area contributed by atoms with E-state index in [-0.39, 0.29) is 18.1 Å². The highest BCUT2D eigenvalue weighted by Gasteiger charge is 2.24. The fourth-order valence-corrected chi connectivity index (χ4v) is 3.53. The van der Waals surface area contributed by atoms with Gasteiger partial charge in [0.1, 0.15) is 17.3 Å². The summed E-state index contributed by atoms with van der Waals surface area (Å²) in [7, 11) is 3.21. The number of benzene rings is 2. The van der Waals surface area contributed by atoms with Gasteiger partial charge in [-0.15, -0.1) is 0 Å². The molecule has 0 unspecified atom stereocenters. The van der Waals surface area contributed by atoms with Crippen LogP contribution in [0, 0.1) is 0 Å². The molecule has 2 N–H and O–H groups in total. The number of carbonyl (C=O) groups excluding carboxylic acids is 1. The quantitative estimate of drug-likeness (QED) is 0.662. The second-order valence-corrected chi connectivity index (χ2v) is 7.25. The van der Waals surface area contributed by atoms with Crippen molar-refractivity contribution in [3.05, 3.63) is 75.7 Å². The van der Waals surface area contributed by atoms with E-state index in [2.05, 4.69) is 15.3 Å². The molecule has 2 amide bonds. The second kappa shape index (κ2) is 8.91. The second-order valence-electron chi connectivity index (χ2n) is 7.25. The van der Waals surface area contributed by atoms with Crippen molar-refractivity contribution in [2.75, 3.05) is 20.8 Å². The van der Waals surface area contributed by atoms with Crippen LogP contribution in [0.15, 0.2) is 53.3 Å². The highest BCUT2D eigenvalue weighted by atomic mass is 16.5. The molecule has 0 saturated carbocycles. The van der Waals surface area contributed by atoms with Gasteiger partial charge >= 0.3 is 6.03 Å². The first kappa shape index (κ1) is 20.5. The Kier molecular flexibility index (Phi) is 5.88. The maximum atomic E-state index is 12.7. The van der Waals surface area contributed by atoms with Crippen LogP contribution >= 0.6 is 0 Å². The topological polar surface area (TPSA) is 96.5 Å². The molecule has 0 radical (unpaired) electrons. The molecule has 0 spiro atoms. The number of methoxy groups -OCH3 is 2. The molecule has 3 aromatic rings. The van der Waals surface area contributed by atoms with E-state index in [4.69, 9.17) is 9.47 Å². The molecule has 0 atom stereocenters. The number of nitrogens with zero attached hydrogens (tertiary/aromatic N) is 2. The van der Waals surface area contributed by atoms with Crippen LogP contribution in [0.4, 0.5) is 4.79 Å². The van der Waals surface area contributed by atoms with E-state index in [9.17, 15) is 9.59 Å². The van der Waals surface area contributed by atoms with Crippen molar-refractivity contribution >= 4 is 6.03 Å². The fourth-order valence-electron chi connectivity index (χ4n) is 3.53. The number of rotatable bonds is 5. The first-order valence-electron chi connectivity index (χ1n) is 9.99. The number of H-pyrrole nitrogens is 1. The van der Waals surface area contributed by atoms with Gasteiger partial charge in [-0.05, 0) is 48.4 Å². The molecule has 160 valence electrons. The van der Waals surface area contributed by atoms with Gasteiger partial charge in [0.25, 0.3) is 5.56 Å².